The summed E-state index contributed by atoms with van der Waals surface area (Å²) in [4.78, 5) is 54.1. The van der Waals surface area contributed by atoms with Crippen LogP contribution >= 0.6 is 0 Å². The zero-order valence-corrected chi connectivity index (χ0v) is 22.3. The number of esters is 1. The fourth-order valence-electron chi connectivity index (χ4n) is 5.09. The normalized spacial score (nSPS) is 23.2. The Labute approximate surface area is 228 Å². The smallest absolute Gasteiger partial charge is 0.330 e. The fourth-order valence-corrected chi connectivity index (χ4v) is 5.09. The average Bonchev–Trinajstić information content (AvgIpc) is 3.38. The van der Waals surface area contributed by atoms with Crippen molar-refractivity contribution < 1.29 is 33.4 Å². The molecule has 2 heterocycles. The number of rotatable bonds is 5. The van der Waals surface area contributed by atoms with Crippen LogP contribution in [0.1, 0.15) is 36.8 Å². The lowest BCUT2D eigenvalue weighted by atomic mass is 9.89. The van der Waals surface area contributed by atoms with E-state index in [-0.39, 0.29) is 37.9 Å². The summed E-state index contributed by atoms with van der Waals surface area (Å²) in [5.41, 5.74) is 1.91. The van der Waals surface area contributed by atoms with Gasteiger partial charge in [0.2, 0.25) is 11.8 Å². The number of carbonyl (C=O) groups excluding carboxylic acids is 4. The number of hydrogen-bond donors (Lipinski definition) is 1. The molecule has 0 aromatic heterocycles. The molecule has 2 aromatic rings. The summed E-state index contributed by atoms with van der Waals surface area (Å²) in [6.45, 7) is 0.854. The van der Waals surface area contributed by atoms with Crippen molar-refractivity contribution in [2.24, 2.45) is 5.92 Å². The molecule has 2 aliphatic heterocycles. The molecule has 2 aliphatic rings. The number of likely N-dealkylation sites (tertiary alicyclic amines) is 1. The number of ketones is 1. The molecule has 0 spiro atoms. The molecule has 0 unspecified atom stereocenters. The first kappa shape index (κ1) is 28.3. The number of carbonyl (C=O) groups is 4. The van der Waals surface area contributed by atoms with Gasteiger partial charge in [0.05, 0.1) is 26.4 Å². The number of benzene rings is 2. The summed E-state index contributed by atoms with van der Waals surface area (Å²) in [5.74, 6) is -1.36. The maximum Gasteiger partial charge on any atom is 0.330 e. The molecular weight excluding hydrogens is 500 g/mol. The summed E-state index contributed by atoms with van der Waals surface area (Å²) in [7, 11) is 1.25. The van der Waals surface area contributed by atoms with Crippen LogP contribution < -0.4 is 10.1 Å². The van der Waals surface area contributed by atoms with Gasteiger partial charge in [-0.3, -0.25) is 14.4 Å². The van der Waals surface area contributed by atoms with E-state index in [1.165, 1.54) is 7.11 Å². The summed E-state index contributed by atoms with van der Waals surface area (Å²) >= 11 is 0. The Balaban J connectivity index is 1.63. The van der Waals surface area contributed by atoms with Crippen LogP contribution in [0.5, 0.6) is 5.75 Å². The van der Waals surface area contributed by atoms with Gasteiger partial charge in [-0.15, -0.1) is 0 Å². The predicted molar refractivity (Wildman–Crippen MR) is 143 cm³/mol. The van der Waals surface area contributed by atoms with Crippen LogP contribution in [-0.2, 0) is 41.5 Å². The van der Waals surface area contributed by atoms with Crippen molar-refractivity contribution in [3.8, 4) is 5.75 Å². The Hall–Kier alpha value is -3.72. The van der Waals surface area contributed by atoms with Gasteiger partial charge in [0, 0.05) is 31.7 Å². The number of ether oxygens (including phenoxy) is 3. The maximum absolute atomic E-state index is 13.9. The van der Waals surface area contributed by atoms with Gasteiger partial charge in [0.1, 0.15) is 12.4 Å². The number of aryl methyl sites for hydroxylation is 1. The first-order chi connectivity index (χ1) is 18.9. The molecular formula is C30H36N2O7. The van der Waals surface area contributed by atoms with Crippen molar-refractivity contribution in [3.63, 3.8) is 0 Å². The van der Waals surface area contributed by atoms with Crippen LogP contribution in [0, 0.1) is 5.92 Å². The van der Waals surface area contributed by atoms with Crippen molar-refractivity contribution in [2.45, 2.75) is 50.6 Å². The van der Waals surface area contributed by atoms with Gasteiger partial charge >= 0.3 is 5.97 Å². The molecule has 1 fully saturated rings. The van der Waals surface area contributed by atoms with Gasteiger partial charge in [0.25, 0.3) is 0 Å². The molecule has 0 saturated carbocycles. The van der Waals surface area contributed by atoms with Gasteiger partial charge < -0.3 is 24.4 Å². The fraction of sp³-hybridized carbons (Fsp3) is 0.467. The SMILES string of the molecule is COC(=O)[C@@H]1COCCOc2cccc(c2)C[C@H](N2CCCC2=O)C(=O)C[C@@H](CCc2ccccc2)C(=O)N1. The predicted octanol–water partition coefficient (Wildman–Crippen LogP) is 2.50. The molecule has 2 amide bonds. The average molecular weight is 537 g/mol. The summed E-state index contributed by atoms with van der Waals surface area (Å²) in [6.07, 6.45) is 2.36. The largest absolute Gasteiger partial charge is 0.491 e. The highest BCUT2D eigenvalue weighted by molar-refractivity contribution is 5.94. The first-order valence-corrected chi connectivity index (χ1v) is 13.5. The quantitative estimate of drug-likeness (QED) is 0.585. The van der Waals surface area contributed by atoms with E-state index in [1.807, 2.05) is 54.6 Å². The molecule has 0 radical (unpaired) electrons. The van der Waals surface area contributed by atoms with E-state index < -0.39 is 29.9 Å². The molecule has 1 N–H and O–H groups in total. The van der Waals surface area contributed by atoms with Crippen LogP contribution in [0.4, 0.5) is 0 Å². The van der Waals surface area contributed by atoms with E-state index in [9.17, 15) is 19.2 Å². The third-order valence-corrected chi connectivity index (χ3v) is 7.21. The molecule has 1 saturated heterocycles. The van der Waals surface area contributed by atoms with Crippen molar-refractivity contribution in [3.05, 3.63) is 65.7 Å². The molecule has 9 nitrogen and oxygen atoms in total. The van der Waals surface area contributed by atoms with Crippen LogP contribution in [-0.4, -0.2) is 74.0 Å². The minimum Gasteiger partial charge on any atom is -0.491 e. The number of hydrogen-bond acceptors (Lipinski definition) is 7. The molecule has 2 bridgehead atoms. The standard InChI is InChI=1S/C30H36N2O7/c1-37-30(36)25-20-38-15-16-39-24-10-5-9-22(17-24)18-26(32-14-6-11-28(32)34)27(33)19-23(29(35)31-25)13-12-21-7-3-2-4-8-21/h2-5,7-10,17,23,25-26H,6,11-16,18-20H2,1H3,(H,31,35)/t23-,25+,26+/m1/s1. The van der Waals surface area contributed by atoms with Gasteiger partial charge in [-0.1, -0.05) is 42.5 Å². The molecule has 4 rings (SSSR count). The molecule has 3 atom stereocenters. The lowest BCUT2D eigenvalue weighted by molar-refractivity contribution is -0.147. The number of amides is 2. The minimum atomic E-state index is -1.02. The Morgan fingerprint density at radius 2 is 1.87 bits per heavy atom. The molecule has 2 aromatic carbocycles. The van der Waals surface area contributed by atoms with Gasteiger partial charge in [0.15, 0.2) is 11.8 Å². The second kappa shape index (κ2) is 13.9. The van der Waals surface area contributed by atoms with E-state index >= 15 is 0 Å². The number of nitrogens with zero attached hydrogens (tertiary/aromatic N) is 1. The van der Waals surface area contributed by atoms with E-state index in [0.717, 1.165) is 11.1 Å². The molecule has 9 heteroatoms. The molecule has 208 valence electrons. The van der Waals surface area contributed by atoms with Crippen molar-refractivity contribution in [2.75, 3.05) is 33.5 Å². The number of Topliss-reactive ketones (excluding diaryl/α,β-unsaturated/α-hetero) is 1. The Kier molecular flexibility index (Phi) is 10.1. The highest BCUT2D eigenvalue weighted by atomic mass is 16.5. The van der Waals surface area contributed by atoms with E-state index in [0.29, 0.717) is 44.4 Å². The van der Waals surface area contributed by atoms with Crippen LogP contribution in [0.25, 0.3) is 0 Å². The highest BCUT2D eigenvalue weighted by Gasteiger charge is 2.36. The topological polar surface area (TPSA) is 111 Å². The Morgan fingerprint density at radius 3 is 2.62 bits per heavy atom. The zero-order valence-electron chi connectivity index (χ0n) is 22.3. The Bertz CT molecular complexity index is 1150. The Morgan fingerprint density at radius 1 is 1.05 bits per heavy atom. The van der Waals surface area contributed by atoms with Gasteiger partial charge in [-0.25, -0.2) is 4.79 Å². The van der Waals surface area contributed by atoms with E-state index in [2.05, 4.69) is 5.32 Å². The van der Waals surface area contributed by atoms with E-state index in [4.69, 9.17) is 14.2 Å². The monoisotopic (exact) mass is 536 g/mol. The summed E-state index contributed by atoms with van der Waals surface area (Å²) < 4.78 is 16.3. The third kappa shape index (κ3) is 7.89. The molecule has 0 aliphatic carbocycles. The van der Waals surface area contributed by atoms with Crippen molar-refractivity contribution in [1.29, 1.82) is 0 Å². The van der Waals surface area contributed by atoms with Gasteiger partial charge in [-0.2, -0.15) is 0 Å². The van der Waals surface area contributed by atoms with Crippen LogP contribution in [0.15, 0.2) is 54.6 Å². The minimum absolute atomic E-state index is 0.0525. The number of methoxy groups -OCH3 is 1. The highest BCUT2D eigenvalue weighted by Crippen LogP contribution is 2.24. The third-order valence-electron chi connectivity index (χ3n) is 7.21. The zero-order chi connectivity index (χ0) is 27.6. The lowest BCUT2D eigenvalue weighted by Crippen LogP contribution is -2.49. The van der Waals surface area contributed by atoms with Crippen LogP contribution in [0.3, 0.4) is 0 Å². The van der Waals surface area contributed by atoms with Crippen molar-refractivity contribution >= 4 is 23.6 Å². The van der Waals surface area contributed by atoms with E-state index in [1.54, 1.807) is 4.90 Å². The molecule has 39 heavy (non-hydrogen) atoms. The lowest BCUT2D eigenvalue weighted by Gasteiger charge is -2.29. The summed E-state index contributed by atoms with van der Waals surface area (Å²) in [6, 6.07) is 15.5. The maximum atomic E-state index is 13.9. The van der Waals surface area contributed by atoms with Crippen molar-refractivity contribution in [1.82, 2.24) is 10.2 Å². The second-order valence-electron chi connectivity index (χ2n) is 9.96. The number of nitrogens with one attached hydrogen (secondary N) is 1. The first-order valence-electron chi connectivity index (χ1n) is 13.5. The summed E-state index contributed by atoms with van der Waals surface area (Å²) in [5, 5.41) is 2.74. The second-order valence-corrected chi connectivity index (χ2v) is 9.96. The van der Waals surface area contributed by atoms with Crippen LogP contribution in [0.2, 0.25) is 0 Å². The van der Waals surface area contributed by atoms with Gasteiger partial charge in [-0.05, 0) is 42.5 Å². The number of fused-ring (bicyclic) bond motifs is 2.